The average molecular weight is 264 g/mol. The number of amidine groups is 1. The van der Waals surface area contributed by atoms with Crippen molar-refractivity contribution in [2.24, 2.45) is 5.73 Å². The maximum Gasteiger partial charge on any atom is 0.122 e. The van der Waals surface area contributed by atoms with Gasteiger partial charge in [0.25, 0.3) is 0 Å². The summed E-state index contributed by atoms with van der Waals surface area (Å²) in [6, 6.07) is 11.9. The Morgan fingerprint density at radius 2 is 1.75 bits per heavy atom. The van der Waals surface area contributed by atoms with E-state index in [0.717, 1.165) is 22.3 Å². The SMILES string of the molecule is Cc1cc2ncn(-c3ccc(C(=N)N)cc3)c2cc1C. The normalized spacial score (nSPS) is 10.9. The maximum atomic E-state index is 7.42. The van der Waals surface area contributed by atoms with Crippen LogP contribution in [0.4, 0.5) is 0 Å². The van der Waals surface area contributed by atoms with Crippen molar-refractivity contribution in [3.8, 4) is 5.69 Å². The molecule has 0 fully saturated rings. The van der Waals surface area contributed by atoms with Crippen LogP contribution in [0.2, 0.25) is 0 Å². The lowest BCUT2D eigenvalue weighted by atomic mass is 10.1. The summed E-state index contributed by atoms with van der Waals surface area (Å²) in [7, 11) is 0. The van der Waals surface area contributed by atoms with E-state index in [1.54, 1.807) is 0 Å². The van der Waals surface area contributed by atoms with Crippen LogP contribution in [0.1, 0.15) is 16.7 Å². The van der Waals surface area contributed by atoms with Gasteiger partial charge in [-0.15, -0.1) is 0 Å². The number of benzene rings is 2. The van der Waals surface area contributed by atoms with Gasteiger partial charge in [-0.05, 0) is 61.4 Å². The molecule has 4 heteroatoms. The Balaban J connectivity index is 2.14. The molecule has 2 aromatic carbocycles. The van der Waals surface area contributed by atoms with Gasteiger partial charge in [0.05, 0.1) is 11.0 Å². The highest BCUT2D eigenvalue weighted by molar-refractivity contribution is 5.95. The van der Waals surface area contributed by atoms with Gasteiger partial charge in [-0.2, -0.15) is 0 Å². The third-order valence-corrected chi connectivity index (χ3v) is 3.62. The van der Waals surface area contributed by atoms with Crippen molar-refractivity contribution >= 4 is 16.9 Å². The van der Waals surface area contributed by atoms with Gasteiger partial charge in [-0.1, -0.05) is 0 Å². The van der Waals surface area contributed by atoms with Crippen molar-refractivity contribution in [3.63, 3.8) is 0 Å². The van der Waals surface area contributed by atoms with Crippen LogP contribution < -0.4 is 5.73 Å². The van der Waals surface area contributed by atoms with E-state index in [1.165, 1.54) is 11.1 Å². The van der Waals surface area contributed by atoms with Gasteiger partial charge in [-0.3, -0.25) is 9.98 Å². The molecule has 4 nitrogen and oxygen atoms in total. The molecule has 0 aliphatic carbocycles. The molecule has 0 bridgehead atoms. The molecule has 100 valence electrons. The van der Waals surface area contributed by atoms with E-state index in [1.807, 2.05) is 35.2 Å². The molecule has 0 spiro atoms. The molecule has 3 aromatic rings. The number of hydrogen-bond acceptors (Lipinski definition) is 2. The molecule has 0 amide bonds. The Kier molecular flexibility index (Phi) is 2.79. The molecular weight excluding hydrogens is 248 g/mol. The molecule has 0 atom stereocenters. The van der Waals surface area contributed by atoms with Crippen molar-refractivity contribution in [1.29, 1.82) is 5.41 Å². The Labute approximate surface area is 117 Å². The van der Waals surface area contributed by atoms with Gasteiger partial charge in [0.1, 0.15) is 12.2 Å². The third-order valence-electron chi connectivity index (χ3n) is 3.62. The zero-order chi connectivity index (χ0) is 14.3. The molecule has 3 N–H and O–H groups in total. The van der Waals surface area contributed by atoms with Crippen molar-refractivity contribution in [2.75, 3.05) is 0 Å². The Morgan fingerprint density at radius 1 is 1.10 bits per heavy atom. The molecule has 1 heterocycles. The van der Waals surface area contributed by atoms with Crippen LogP contribution in [-0.2, 0) is 0 Å². The van der Waals surface area contributed by atoms with Gasteiger partial charge in [0.2, 0.25) is 0 Å². The number of nitrogens with one attached hydrogen (secondary N) is 1. The number of nitrogens with two attached hydrogens (primary N) is 1. The van der Waals surface area contributed by atoms with Gasteiger partial charge in [0, 0.05) is 11.3 Å². The van der Waals surface area contributed by atoms with Crippen molar-refractivity contribution in [1.82, 2.24) is 9.55 Å². The van der Waals surface area contributed by atoms with Crippen LogP contribution in [0.25, 0.3) is 16.7 Å². The molecule has 3 rings (SSSR count). The molecule has 0 radical (unpaired) electrons. The van der Waals surface area contributed by atoms with Gasteiger partial charge < -0.3 is 5.73 Å². The van der Waals surface area contributed by atoms with Crippen LogP contribution in [0, 0.1) is 19.3 Å². The minimum Gasteiger partial charge on any atom is -0.384 e. The second-order valence-corrected chi connectivity index (χ2v) is 5.00. The van der Waals surface area contributed by atoms with Crippen molar-refractivity contribution in [3.05, 3.63) is 59.4 Å². The van der Waals surface area contributed by atoms with E-state index < -0.39 is 0 Å². The summed E-state index contributed by atoms with van der Waals surface area (Å²) in [5.74, 6) is 0.0820. The summed E-state index contributed by atoms with van der Waals surface area (Å²) in [6.45, 7) is 4.19. The van der Waals surface area contributed by atoms with E-state index in [4.69, 9.17) is 11.1 Å². The fraction of sp³-hybridized carbons (Fsp3) is 0.125. The largest absolute Gasteiger partial charge is 0.384 e. The van der Waals surface area contributed by atoms with E-state index in [0.29, 0.717) is 0 Å². The van der Waals surface area contributed by atoms with Crippen molar-refractivity contribution in [2.45, 2.75) is 13.8 Å². The predicted octanol–water partition coefficient (Wildman–Crippen LogP) is 2.93. The number of aromatic nitrogens is 2. The highest BCUT2D eigenvalue weighted by Crippen LogP contribution is 2.22. The lowest BCUT2D eigenvalue weighted by Gasteiger charge is -2.07. The summed E-state index contributed by atoms with van der Waals surface area (Å²) in [5.41, 5.74) is 11.8. The molecule has 0 unspecified atom stereocenters. The van der Waals surface area contributed by atoms with E-state index in [9.17, 15) is 0 Å². The zero-order valence-electron chi connectivity index (χ0n) is 11.5. The number of rotatable bonds is 2. The maximum absolute atomic E-state index is 7.42. The van der Waals surface area contributed by atoms with E-state index >= 15 is 0 Å². The summed E-state index contributed by atoms with van der Waals surface area (Å²) in [4.78, 5) is 4.45. The molecule has 0 aliphatic rings. The second kappa shape index (κ2) is 4.49. The highest BCUT2D eigenvalue weighted by atomic mass is 15.0. The van der Waals surface area contributed by atoms with Crippen LogP contribution in [0.5, 0.6) is 0 Å². The first-order chi connectivity index (χ1) is 9.56. The number of fused-ring (bicyclic) bond motifs is 1. The van der Waals surface area contributed by atoms with Crippen LogP contribution >= 0.6 is 0 Å². The van der Waals surface area contributed by atoms with Gasteiger partial charge >= 0.3 is 0 Å². The molecule has 0 saturated carbocycles. The number of nitrogens with zero attached hydrogens (tertiary/aromatic N) is 2. The van der Waals surface area contributed by atoms with Crippen molar-refractivity contribution < 1.29 is 0 Å². The molecular formula is C16H16N4. The Bertz CT molecular complexity index is 797. The summed E-state index contributed by atoms with van der Waals surface area (Å²) >= 11 is 0. The third kappa shape index (κ3) is 1.95. The molecule has 20 heavy (non-hydrogen) atoms. The van der Waals surface area contributed by atoms with Crippen LogP contribution in [0.3, 0.4) is 0 Å². The minimum absolute atomic E-state index is 0.0820. The van der Waals surface area contributed by atoms with E-state index in [2.05, 4.69) is 31.0 Å². The summed E-state index contributed by atoms with van der Waals surface area (Å²) in [5, 5.41) is 7.42. The predicted molar refractivity (Wildman–Crippen MR) is 81.6 cm³/mol. The minimum atomic E-state index is 0.0820. The topological polar surface area (TPSA) is 67.7 Å². The summed E-state index contributed by atoms with van der Waals surface area (Å²) < 4.78 is 2.05. The molecule has 1 aromatic heterocycles. The zero-order valence-corrected chi connectivity index (χ0v) is 11.5. The quantitative estimate of drug-likeness (QED) is 0.552. The highest BCUT2D eigenvalue weighted by Gasteiger charge is 2.07. The van der Waals surface area contributed by atoms with Gasteiger partial charge in [0.15, 0.2) is 0 Å². The molecule has 0 saturated heterocycles. The molecule has 0 aliphatic heterocycles. The standard InChI is InChI=1S/C16H16N4/c1-10-7-14-15(8-11(10)2)20(9-19-14)13-5-3-12(4-6-13)16(17)18/h3-9H,1-2H3,(H3,17,18). The number of imidazole rings is 1. The Morgan fingerprint density at radius 3 is 2.40 bits per heavy atom. The fourth-order valence-electron chi connectivity index (χ4n) is 2.27. The second-order valence-electron chi connectivity index (χ2n) is 5.00. The van der Waals surface area contributed by atoms with Crippen LogP contribution in [-0.4, -0.2) is 15.4 Å². The lowest BCUT2D eigenvalue weighted by molar-refractivity contribution is 1.09. The first-order valence-electron chi connectivity index (χ1n) is 6.45. The van der Waals surface area contributed by atoms with Crippen LogP contribution in [0.15, 0.2) is 42.7 Å². The first-order valence-corrected chi connectivity index (χ1v) is 6.45. The number of nitrogen functional groups attached to an aromatic ring is 1. The smallest absolute Gasteiger partial charge is 0.122 e. The first kappa shape index (κ1) is 12.4. The van der Waals surface area contributed by atoms with Gasteiger partial charge in [-0.25, -0.2) is 4.98 Å². The number of aryl methyl sites for hydroxylation is 2. The van der Waals surface area contributed by atoms with E-state index in [-0.39, 0.29) is 5.84 Å². The monoisotopic (exact) mass is 264 g/mol. The fourth-order valence-corrected chi connectivity index (χ4v) is 2.27. The number of hydrogen-bond donors (Lipinski definition) is 2. The lowest BCUT2D eigenvalue weighted by Crippen LogP contribution is -2.10. The average Bonchev–Trinajstić information content (AvgIpc) is 2.82. The Hall–Kier alpha value is -2.62. The summed E-state index contributed by atoms with van der Waals surface area (Å²) in [6.07, 6.45) is 1.83.